The first-order valence-corrected chi connectivity index (χ1v) is 13.1. The van der Waals surface area contributed by atoms with Crippen molar-refractivity contribution in [3.8, 4) is 0 Å². The van der Waals surface area contributed by atoms with Crippen LogP contribution in [-0.2, 0) is 18.9 Å². The number of urea groups is 1. The molecular formula is C28H33F7N4O. The molecule has 12 heteroatoms. The lowest BCUT2D eigenvalue weighted by atomic mass is 9.88. The number of piperazine rings is 1. The molecule has 2 aliphatic heterocycles. The van der Waals surface area contributed by atoms with Gasteiger partial charge in [0, 0.05) is 52.4 Å². The Bertz CT molecular complexity index is 1180. The largest absolute Gasteiger partial charge is 0.416 e. The average Bonchev–Trinajstić information content (AvgIpc) is 2.87. The molecule has 4 rings (SSSR count). The van der Waals surface area contributed by atoms with Gasteiger partial charge in [0.15, 0.2) is 0 Å². The second-order valence-electron chi connectivity index (χ2n) is 10.8. The molecule has 2 unspecified atom stereocenters. The molecule has 0 radical (unpaired) electrons. The Morgan fingerprint density at radius 2 is 1.52 bits per heavy atom. The molecule has 0 saturated carbocycles. The van der Waals surface area contributed by atoms with Gasteiger partial charge in [-0.25, -0.2) is 9.18 Å². The highest BCUT2D eigenvalue weighted by molar-refractivity contribution is 5.75. The van der Waals surface area contributed by atoms with Crippen LogP contribution in [0.5, 0.6) is 0 Å². The molecule has 2 aromatic carbocycles. The van der Waals surface area contributed by atoms with Gasteiger partial charge in [-0.05, 0) is 73.8 Å². The van der Waals surface area contributed by atoms with E-state index in [0.717, 1.165) is 36.6 Å². The lowest BCUT2D eigenvalue weighted by molar-refractivity contribution is -0.143. The lowest BCUT2D eigenvalue weighted by Gasteiger charge is -2.46. The summed E-state index contributed by atoms with van der Waals surface area (Å²) in [6.07, 6.45) is -8.71. The van der Waals surface area contributed by atoms with Crippen molar-refractivity contribution in [3.63, 3.8) is 0 Å². The van der Waals surface area contributed by atoms with Crippen molar-refractivity contribution >= 4 is 6.03 Å². The molecule has 2 saturated heterocycles. The van der Waals surface area contributed by atoms with Crippen molar-refractivity contribution < 1.29 is 35.5 Å². The van der Waals surface area contributed by atoms with Crippen LogP contribution >= 0.6 is 0 Å². The summed E-state index contributed by atoms with van der Waals surface area (Å²) in [7, 11) is 3.41. The van der Waals surface area contributed by atoms with Crippen LogP contribution in [0.1, 0.15) is 46.7 Å². The van der Waals surface area contributed by atoms with Crippen LogP contribution in [0.15, 0.2) is 36.4 Å². The van der Waals surface area contributed by atoms with E-state index in [9.17, 15) is 35.5 Å². The Labute approximate surface area is 229 Å². The van der Waals surface area contributed by atoms with E-state index >= 15 is 0 Å². The Morgan fingerprint density at radius 3 is 2.08 bits per heavy atom. The Balaban J connectivity index is 1.59. The van der Waals surface area contributed by atoms with Gasteiger partial charge in [-0.3, -0.25) is 4.90 Å². The molecule has 2 heterocycles. The van der Waals surface area contributed by atoms with Crippen molar-refractivity contribution in [3.05, 3.63) is 70.0 Å². The number of aryl methyl sites for hydroxylation is 1. The summed E-state index contributed by atoms with van der Waals surface area (Å²) in [6.45, 7) is 5.24. The van der Waals surface area contributed by atoms with Gasteiger partial charge in [0.05, 0.1) is 17.2 Å². The van der Waals surface area contributed by atoms with Gasteiger partial charge in [0.2, 0.25) is 0 Å². The maximum absolute atomic E-state index is 13.9. The van der Waals surface area contributed by atoms with Gasteiger partial charge < -0.3 is 14.7 Å². The average molecular weight is 575 g/mol. The van der Waals surface area contributed by atoms with E-state index in [-0.39, 0.29) is 17.7 Å². The molecule has 2 fully saturated rings. The topological polar surface area (TPSA) is 30.0 Å². The number of piperidine rings is 1. The number of halogens is 7. The van der Waals surface area contributed by atoms with Gasteiger partial charge >= 0.3 is 18.4 Å². The second kappa shape index (κ2) is 11.6. The second-order valence-corrected chi connectivity index (χ2v) is 10.8. The molecule has 2 aromatic rings. The number of alkyl halides is 6. The maximum Gasteiger partial charge on any atom is 0.416 e. The van der Waals surface area contributed by atoms with Gasteiger partial charge in [-0.15, -0.1) is 0 Å². The summed E-state index contributed by atoms with van der Waals surface area (Å²) in [5, 5.41) is 0. The summed E-state index contributed by atoms with van der Waals surface area (Å²) < 4.78 is 94.0. The first-order chi connectivity index (χ1) is 18.6. The highest BCUT2D eigenvalue weighted by Gasteiger charge is 2.39. The third kappa shape index (κ3) is 6.88. The van der Waals surface area contributed by atoms with E-state index in [0.29, 0.717) is 37.1 Å². The summed E-state index contributed by atoms with van der Waals surface area (Å²) in [5.41, 5.74) is -1.70. The number of carbonyl (C=O) groups is 1. The van der Waals surface area contributed by atoms with E-state index in [4.69, 9.17) is 0 Å². The third-order valence-electron chi connectivity index (χ3n) is 7.86. The fourth-order valence-corrected chi connectivity index (χ4v) is 5.67. The normalized spacial score (nSPS) is 21.5. The zero-order valence-electron chi connectivity index (χ0n) is 22.6. The van der Waals surface area contributed by atoms with Crippen molar-refractivity contribution in [1.82, 2.24) is 19.6 Å². The zero-order valence-corrected chi connectivity index (χ0v) is 22.6. The smallest absolute Gasteiger partial charge is 0.323 e. The molecule has 220 valence electrons. The first kappa shape index (κ1) is 30.1. The van der Waals surface area contributed by atoms with Gasteiger partial charge in [0.25, 0.3) is 0 Å². The molecule has 2 amide bonds. The van der Waals surface area contributed by atoms with Gasteiger partial charge in [0.1, 0.15) is 5.82 Å². The molecule has 5 nitrogen and oxygen atoms in total. The van der Waals surface area contributed by atoms with E-state index in [2.05, 4.69) is 16.8 Å². The Hall–Kier alpha value is -2.86. The number of likely N-dealkylation sites (tertiary alicyclic amines) is 1. The molecule has 40 heavy (non-hydrogen) atoms. The molecule has 0 bridgehead atoms. The van der Waals surface area contributed by atoms with Crippen LogP contribution in [0.4, 0.5) is 35.5 Å². The van der Waals surface area contributed by atoms with Crippen LogP contribution in [-0.4, -0.2) is 78.5 Å². The number of benzene rings is 2. The lowest BCUT2D eigenvalue weighted by Crippen LogP contribution is -2.55. The summed E-state index contributed by atoms with van der Waals surface area (Å²) >= 11 is 0. The number of amides is 2. The zero-order chi connectivity index (χ0) is 29.4. The fraction of sp³-hybridized carbons (Fsp3) is 0.536. The summed E-state index contributed by atoms with van der Waals surface area (Å²) in [4.78, 5) is 21.0. The number of nitrogens with zero attached hydrogens (tertiary/aromatic N) is 4. The van der Waals surface area contributed by atoms with Crippen molar-refractivity contribution in [2.45, 2.75) is 50.7 Å². The maximum atomic E-state index is 13.9. The summed E-state index contributed by atoms with van der Waals surface area (Å²) in [6, 6.07) is 4.94. The molecule has 2 atom stereocenters. The van der Waals surface area contributed by atoms with Crippen molar-refractivity contribution in [2.75, 3.05) is 46.8 Å². The summed E-state index contributed by atoms with van der Waals surface area (Å²) in [5.74, 6) is -0.410. The molecule has 0 aliphatic carbocycles. The molecule has 2 aliphatic rings. The number of hydrogen-bond acceptors (Lipinski definition) is 3. The number of carbonyl (C=O) groups excluding carboxylic acids is 1. The van der Waals surface area contributed by atoms with Crippen LogP contribution < -0.4 is 0 Å². The first-order valence-electron chi connectivity index (χ1n) is 13.1. The number of rotatable bonds is 4. The highest BCUT2D eigenvalue weighted by atomic mass is 19.4. The monoisotopic (exact) mass is 574 g/mol. The quantitative estimate of drug-likeness (QED) is 0.409. The number of hydrogen-bond donors (Lipinski definition) is 0. The standard InChI is InChI=1S/C28H33F7N4O/c1-18-12-22(29)4-5-24(18)25-16-23(38-10-8-36(2)9-11-38)6-7-39(25)26(40)37(3)17-19-13-20(27(30,31)32)15-21(14-19)28(33,34)35/h4-5,12-15,23,25H,6-11,16-17H2,1-3H3. The molecule has 0 N–H and O–H groups in total. The van der Waals surface area contributed by atoms with Gasteiger partial charge in [-0.2, -0.15) is 26.3 Å². The predicted octanol–water partition coefficient (Wildman–Crippen LogP) is 6.18. The van der Waals surface area contributed by atoms with E-state index in [1.807, 2.05) is 0 Å². The van der Waals surface area contributed by atoms with E-state index in [1.165, 1.54) is 19.2 Å². The third-order valence-corrected chi connectivity index (χ3v) is 7.86. The van der Waals surface area contributed by atoms with Gasteiger partial charge in [-0.1, -0.05) is 6.07 Å². The Morgan fingerprint density at radius 1 is 0.925 bits per heavy atom. The van der Waals surface area contributed by atoms with E-state index in [1.54, 1.807) is 17.9 Å². The minimum atomic E-state index is -4.98. The highest BCUT2D eigenvalue weighted by Crippen LogP contribution is 2.38. The minimum Gasteiger partial charge on any atom is -0.323 e. The van der Waals surface area contributed by atoms with Crippen LogP contribution in [0.2, 0.25) is 0 Å². The van der Waals surface area contributed by atoms with Crippen LogP contribution in [0.3, 0.4) is 0 Å². The molecular weight excluding hydrogens is 541 g/mol. The molecule has 0 aromatic heterocycles. The van der Waals surface area contributed by atoms with Crippen LogP contribution in [0, 0.1) is 12.7 Å². The minimum absolute atomic E-state index is 0.0712. The fourth-order valence-electron chi connectivity index (χ4n) is 5.67. The number of likely N-dealkylation sites (N-methyl/N-ethyl adjacent to an activating group) is 1. The SMILES string of the molecule is Cc1cc(F)ccc1C1CC(N2CCN(C)CC2)CCN1C(=O)N(C)Cc1cc(C(F)(F)F)cc(C(F)(F)F)c1. The van der Waals surface area contributed by atoms with Crippen molar-refractivity contribution in [1.29, 1.82) is 0 Å². The Kier molecular flexibility index (Phi) is 8.70. The molecule has 0 spiro atoms. The predicted molar refractivity (Wildman–Crippen MR) is 136 cm³/mol. The van der Waals surface area contributed by atoms with Crippen LogP contribution in [0.25, 0.3) is 0 Å². The van der Waals surface area contributed by atoms with E-state index < -0.39 is 47.9 Å². The van der Waals surface area contributed by atoms with Crippen molar-refractivity contribution in [2.24, 2.45) is 0 Å².